The predicted octanol–water partition coefficient (Wildman–Crippen LogP) is 5.66. The number of hydrogen-bond donors (Lipinski definition) is 2. The van der Waals surface area contributed by atoms with Crippen LogP contribution in [0.3, 0.4) is 0 Å². The molecule has 0 unspecified atom stereocenters. The average Bonchev–Trinajstić information content (AvgIpc) is 2.76. The lowest BCUT2D eigenvalue weighted by Gasteiger charge is -2.18. The molecule has 3 aromatic carbocycles. The molecule has 6 nitrogen and oxygen atoms in total. The molecule has 0 saturated heterocycles. The number of aryl methyl sites for hydroxylation is 2. The lowest BCUT2D eigenvalue weighted by Crippen LogP contribution is -2.32. The number of sulfonamides is 1. The summed E-state index contributed by atoms with van der Waals surface area (Å²) in [7, 11) is -3.74. The van der Waals surface area contributed by atoms with Crippen molar-refractivity contribution in [1.82, 2.24) is 0 Å². The van der Waals surface area contributed by atoms with Crippen LogP contribution in [-0.2, 0) is 14.8 Å². The van der Waals surface area contributed by atoms with Gasteiger partial charge in [-0.3, -0.25) is 9.52 Å². The average molecular weight is 517 g/mol. The number of carbonyl (C=O) groups excluding carboxylic acids is 1. The van der Waals surface area contributed by atoms with Gasteiger partial charge in [0.2, 0.25) is 0 Å². The number of hydrogen-bond acceptors (Lipinski definition) is 4. The predicted molar refractivity (Wildman–Crippen MR) is 131 cm³/mol. The SMILES string of the molecule is CC[C@H](Oc1ccc(C)c(C)c1)C(=O)Nc1ccc(S(=O)(=O)Nc2ccc(Br)cc2)cc1. The molecule has 0 aromatic heterocycles. The Kier molecular flexibility index (Phi) is 7.58. The van der Waals surface area contributed by atoms with E-state index < -0.39 is 16.1 Å². The summed E-state index contributed by atoms with van der Waals surface area (Å²) in [4.78, 5) is 12.8. The number of halogens is 1. The zero-order valence-electron chi connectivity index (χ0n) is 18.1. The van der Waals surface area contributed by atoms with E-state index in [1.807, 2.05) is 39.0 Å². The van der Waals surface area contributed by atoms with Crippen molar-refractivity contribution in [3.63, 3.8) is 0 Å². The molecule has 3 aromatic rings. The molecule has 3 rings (SSSR count). The van der Waals surface area contributed by atoms with E-state index in [0.29, 0.717) is 23.5 Å². The third-order valence-corrected chi connectivity index (χ3v) is 6.87. The van der Waals surface area contributed by atoms with E-state index in [1.54, 1.807) is 36.4 Å². The molecule has 0 radical (unpaired) electrons. The fraction of sp³-hybridized carbons (Fsp3) is 0.208. The van der Waals surface area contributed by atoms with Gasteiger partial charge in [0.1, 0.15) is 5.75 Å². The van der Waals surface area contributed by atoms with Gasteiger partial charge in [-0.2, -0.15) is 0 Å². The highest BCUT2D eigenvalue weighted by molar-refractivity contribution is 9.10. The Morgan fingerprint density at radius 3 is 2.16 bits per heavy atom. The number of amides is 1. The zero-order chi connectivity index (χ0) is 23.3. The van der Waals surface area contributed by atoms with Gasteiger partial charge in [-0.05, 0) is 92.1 Å². The third-order valence-electron chi connectivity index (χ3n) is 4.95. The third kappa shape index (κ3) is 6.11. The van der Waals surface area contributed by atoms with Crippen LogP contribution >= 0.6 is 15.9 Å². The van der Waals surface area contributed by atoms with Crippen LogP contribution in [0.1, 0.15) is 24.5 Å². The highest BCUT2D eigenvalue weighted by atomic mass is 79.9. The van der Waals surface area contributed by atoms with E-state index in [4.69, 9.17) is 4.74 Å². The topological polar surface area (TPSA) is 84.5 Å². The molecule has 0 heterocycles. The van der Waals surface area contributed by atoms with Crippen LogP contribution < -0.4 is 14.8 Å². The van der Waals surface area contributed by atoms with Crippen molar-refractivity contribution < 1.29 is 17.9 Å². The lowest BCUT2D eigenvalue weighted by atomic mass is 10.1. The maximum Gasteiger partial charge on any atom is 0.265 e. The van der Waals surface area contributed by atoms with Gasteiger partial charge in [-0.15, -0.1) is 0 Å². The first kappa shape index (κ1) is 23.8. The van der Waals surface area contributed by atoms with Gasteiger partial charge < -0.3 is 10.1 Å². The molecule has 8 heteroatoms. The first-order chi connectivity index (χ1) is 15.2. The van der Waals surface area contributed by atoms with Crippen LogP contribution in [0.15, 0.2) is 76.1 Å². The zero-order valence-corrected chi connectivity index (χ0v) is 20.5. The second kappa shape index (κ2) is 10.2. The van der Waals surface area contributed by atoms with E-state index in [0.717, 1.165) is 15.6 Å². The summed E-state index contributed by atoms with van der Waals surface area (Å²) in [5, 5.41) is 2.79. The van der Waals surface area contributed by atoms with E-state index in [2.05, 4.69) is 26.0 Å². The Morgan fingerprint density at radius 1 is 0.938 bits per heavy atom. The normalized spacial score (nSPS) is 12.1. The molecule has 0 bridgehead atoms. The van der Waals surface area contributed by atoms with Gasteiger partial charge in [-0.25, -0.2) is 8.42 Å². The van der Waals surface area contributed by atoms with Crippen LogP contribution in [-0.4, -0.2) is 20.4 Å². The number of carbonyl (C=O) groups is 1. The van der Waals surface area contributed by atoms with Gasteiger partial charge in [-0.1, -0.05) is 28.9 Å². The molecule has 32 heavy (non-hydrogen) atoms. The second-order valence-corrected chi connectivity index (χ2v) is 9.98. The van der Waals surface area contributed by atoms with Gasteiger partial charge in [0.25, 0.3) is 15.9 Å². The highest BCUT2D eigenvalue weighted by Gasteiger charge is 2.20. The molecule has 0 fully saturated rings. The van der Waals surface area contributed by atoms with E-state index in [9.17, 15) is 13.2 Å². The summed E-state index contributed by atoms with van der Waals surface area (Å²) in [6.45, 7) is 5.88. The molecule has 0 aliphatic heterocycles. The summed E-state index contributed by atoms with van der Waals surface area (Å²) >= 11 is 3.32. The summed E-state index contributed by atoms with van der Waals surface area (Å²) < 4.78 is 34.4. The van der Waals surface area contributed by atoms with Crippen molar-refractivity contribution >= 4 is 43.2 Å². The molecule has 0 aliphatic rings. The minimum atomic E-state index is -3.74. The van der Waals surface area contributed by atoms with Gasteiger partial charge in [0.15, 0.2) is 6.10 Å². The summed E-state index contributed by atoms with van der Waals surface area (Å²) in [5.41, 5.74) is 3.19. The Bertz CT molecular complexity index is 1190. The van der Waals surface area contributed by atoms with Crippen LogP contribution in [0.25, 0.3) is 0 Å². The fourth-order valence-corrected chi connectivity index (χ4v) is 4.27. The molecule has 1 amide bonds. The summed E-state index contributed by atoms with van der Waals surface area (Å²) in [5.74, 6) is 0.338. The van der Waals surface area contributed by atoms with Gasteiger partial charge in [0, 0.05) is 15.8 Å². The van der Waals surface area contributed by atoms with Crippen LogP contribution in [0, 0.1) is 13.8 Å². The molecule has 1 atom stereocenters. The van der Waals surface area contributed by atoms with Crippen molar-refractivity contribution in [3.8, 4) is 5.75 Å². The van der Waals surface area contributed by atoms with Crippen molar-refractivity contribution in [2.24, 2.45) is 0 Å². The van der Waals surface area contributed by atoms with E-state index in [-0.39, 0.29) is 10.8 Å². The Labute approximate surface area is 197 Å². The standard InChI is InChI=1S/C24H25BrN2O4S/c1-4-23(31-21-12-5-16(2)17(3)15-21)24(28)26-19-10-13-22(14-11-19)32(29,30)27-20-8-6-18(25)7-9-20/h5-15,23,27H,4H2,1-3H3,(H,26,28)/t23-/m0/s1. The van der Waals surface area contributed by atoms with Crippen LogP contribution in [0.5, 0.6) is 5.75 Å². The first-order valence-electron chi connectivity index (χ1n) is 10.1. The van der Waals surface area contributed by atoms with E-state index in [1.165, 1.54) is 12.1 Å². The smallest absolute Gasteiger partial charge is 0.265 e. The maximum atomic E-state index is 12.7. The highest BCUT2D eigenvalue weighted by Crippen LogP contribution is 2.22. The first-order valence-corrected chi connectivity index (χ1v) is 12.4. The van der Waals surface area contributed by atoms with Crippen LogP contribution in [0.2, 0.25) is 0 Å². The minimum Gasteiger partial charge on any atom is -0.481 e. The number of anilines is 2. The Hall–Kier alpha value is -2.84. The second-order valence-electron chi connectivity index (χ2n) is 7.39. The quantitative estimate of drug-likeness (QED) is 0.404. The molecule has 168 valence electrons. The van der Waals surface area contributed by atoms with Crippen molar-refractivity contribution in [2.75, 3.05) is 10.0 Å². The van der Waals surface area contributed by atoms with Crippen molar-refractivity contribution in [1.29, 1.82) is 0 Å². The number of rotatable bonds is 8. The molecule has 2 N–H and O–H groups in total. The summed E-state index contributed by atoms with van der Waals surface area (Å²) in [6.07, 6.45) is -0.179. The maximum absolute atomic E-state index is 12.7. The molecular weight excluding hydrogens is 492 g/mol. The molecular formula is C24H25BrN2O4S. The number of nitrogens with one attached hydrogen (secondary N) is 2. The van der Waals surface area contributed by atoms with E-state index >= 15 is 0 Å². The molecule has 0 spiro atoms. The molecule has 0 aliphatic carbocycles. The van der Waals surface area contributed by atoms with Crippen molar-refractivity contribution in [2.45, 2.75) is 38.2 Å². The monoisotopic (exact) mass is 516 g/mol. The molecule has 0 saturated carbocycles. The van der Waals surface area contributed by atoms with Crippen LogP contribution in [0.4, 0.5) is 11.4 Å². The Morgan fingerprint density at radius 2 is 1.56 bits per heavy atom. The van der Waals surface area contributed by atoms with Gasteiger partial charge in [0.05, 0.1) is 4.90 Å². The number of benzene rings is 3. The minimum absolute atomic E-state index is 0.0943. The Balaban J connectivity index is 1.66. The number of ether oxygens (including phenoxy) is 1. The van der Waals surface area contributed by atoms with Gasteiger partial charge >= 0.3 is 0 Å². The largest absolute Gasteiger partial charge is 0.481 e. The van der Waals surface area contributed by atoms with Crippen molar-refractivity contribution in [3.05, 3.63) is 82.3 Å². The fourth-order valence-electron chi connectivity index (χ4n) is 2.95. The summed E-state index contributed by atoms with van der Waals surface area (Å²) in [6, 6.07) is 18.5. The lowest BCUT2D eigenvalue weighted by molar-refractivity contribution is -0.122.